The number of benzene rings is 1. The van der Waals surface area contributed by atoms with Gasteiger partial charge in [0.15, 0.2) is 5.67 Å². The fraction of sp³-hybridized carbons (Fsp3) is 0.500. The smallest absolute Gasteiger partial charge is 0.156 e. The third-order valence-electron chi connectivity index (χ3n) is 2.37. The SMILES string of the molecule is C[C@H](O)[C@@](C)(F)COCc1ccccc1. The van der Waals surface area contributed by atoms with Gasteiger partial charge in [0, 0.05) is 0 Å². The number of rotatable bonds is 5. The normalized spacial score (nSPS) is 17.1. The van der Waals surface area contributed by atoms with Crippen LogP contribution in [0.3, 0.4) is 0 Å². The first kappa shape index (κ1) is 12.1. The molecule has 0 bridgehead atoms. The summed E-state index contributed by atoms with van der Waals surface area (Å²) in [5.74, 6) is 0. The predicted molar refractivity (Wildman–Crippen MR) is 57.3 cm³/mol. The fourth-order valence-electron chi connectivity index (χ4n) is 1.06. The van der Waals surface area contributed by atoms with Crippen LogP contribution in [-0.2, 0) is 11.3 Å². The highest BCUT2D eigenvalue weighted by Gasteiger charge is 2.29. The zero-order valence-corrected chi connectivity index (χ0v) is 9.11. The Labute approximate surface area is 89.7 Å². The number of aliphatic hydroxyl groups excluding tert-OH is 1. The molecule has 0 saturated heterocycles. The van der Waals surface area contributed by atoms with Crippen LogP contribution in [0.25, 0.3) is 0 Å². The molecule has 1 N–H and O–H groups in total. The zero-order chi connectivity index (χ0) is 11.3. The van der Waals surface area contributed by atoms with Gasteiger partial charge in [0.2, 0.25) is 0 Å². The van der Waals surface area contributed by atoms with Crippen molar-refractivity contribution < 1.29 is 14.2 Å². The third-order valence-corrected chi connectivity index (χ3v) is 2.37. The summed E-state index contributed by atoms with van der Waals surface area (Å²) in [7, 11) is 0. The molecule has 0 amide bonds. The Morgan fingerprint density at radius 2 is 2.00 bits per heavy atom. The van der Waals surface area contributed by atoms with Crippen LogP contribution in [0, 0.1) is 0 Å². The quantitative estimate of drug-likeness (QED) is 0.811. The second kappa shape index (κ2) is 5.24. The van der Waals surface area contributed by atoms with E-state index in [1.807, 2.05) is 30.3 Å². The van der Waals surface area contributed by atoms with Crippen molar-refractivity contribution >= 4 is 0 Å². The molecule has 1 aromatic rings. The van der Waals surface area contributed by atoms with Crippen LogP contribution in [0.1, 0.15) is 19.4 Å². The van der Waals surface area contributed by atoms with E-state index in [0.29, 0.717) is 6.61 Å². The highest BCUT2D eigenvalue weighted by Crippen LogP contribution is 2.16. The van der Waals surface area contributed by atoms with Crippen molar-refractivity contribution in [2.45, 2.75) is 32.2 Å². The molecular weight excluding hydrogens is 195 g/mol. The van der Waals surface area contributed by atoms with Crippen molar-refractivity contribution in [2.24, 2.45) is 0 Å². The van der Waals surface area contributed by atoms with Gasteiger partial charge in [0.05, 0.1) is 19.3 Å². The molecule has 0 radical (unpaired) electrons. The molecular formula is C12H17FO2. The molecule has 0 fully saturated rings. The molecule has 0 aromatic heterocycles. The molecule has 2 atom stereocenters. The van der Waals surface area contributed by atoms with Gasteiger partial charge in [0.25, 0.3) is 0 Å². The van der Waals surface area contributed by atoms with Gasteiger partial charge in [-0.05, 0) is 19.4 Å². The van der Waals surface area contributed by atoms with Crippen LogP contribution in [0.5, 0.6) is 0 Å². The Kier molecular flexibility index (Phi) is 4.24. The van der Waals surface area contributed by atoms with Crippen LogP contribution in [0.2, 0.25) is 0 Å². The minimum absolute atomic E-state index is 0.0977. The first-order valence-electron chi connectivity index (χ1n) is 5.01. The molecule has 0 spiro atoms. The van der Waals surface area contributed by atoms with Crippen molar-refractivity contribution in [2.75, 3.05) is 6.61 Å². The highest BCUT2D eigenvalue weighted by atomic mass is 19.1. The molecule has 1 aromatic carbocycles. The summed E-state index contributed by atoms with van der Waals surface area (Å²) in [6, 6.07) is 9.55. The highest BCUT2D eigenvalue weighted by molar-refractivity contribution is 5.13. The number of alkyl halides is 1. The van der Waals surface area contributed by atoms with E-state index in [0.717, 1.165) is 5.56 Å². The summed E-state index contributed by atoms with van der Waals surface area (Å²) >= 11 is 0. The molecule has 3 heteroatoms. The maximum atomic E-state index is 13.5. The molecule has 2 nitrogen and oxygen atoms in total. The van der Waals surface area contributed by atoms with Crippen molar-refractivity contribution in [3.63, 3.8) is 0 Å². The Bertz CT molecular complexity index is 283. The third kappa shape index (κ3) is 3.98. The van der Waals surface area contributed by atoms with Crippen LogP contribution >= 0.6 is 0 Å². The number of halogens is 1. The summed E-state index contributed by atoms with van der Waals surface area (Å²) in [6.45, 7) is 3.03. The molecule has 0 heterocycles. The second-order valence-electron chi connectivity index (χ2n) is 3.93. The summed E-state index contributed by atoms with van der Waals surface area (Å²) in [5.41, 5.74) is -0.687. The Morgan fingerprint density at radius 1 is 1.40 bits per heavy atom. The number of ether oxygens (including phenoxy) is 1. The van der Waals surface area contributed by atoms with Gasteiger partial charge >= 0.3 is 0 Å². The summed E-state index contributed by atoms with van der Waals surface area (Å²) in [5, 5.41) is 9.12. The fourth-order valence-corrected chi connectivity index (χ4v) is 1.06. The van der Waals surface area contributed by atoms with Crippen molar-refractivity contribution in [1.29, 1.82) is 0 Å². The molecule has 0 aliphatic carbocycles. The number of hydrogen-bond acceptors (Lipinski definition) is 2. The minimum Gasteiger partial charge on any atom is -0.390 e. The molecule has 84 valence electrons. The van der Waals surface area contributed by atoms with Crippen molar-refractivity contribution in [3.8, 4) is 0 Å². The van der Waals surface area contributed by atoms with Gasteiger partial charge < -0.3 is 9.84 Å². The van der Waals surface area contributed by atoms with E-state index < -0.39 is 11.8 Å². The van der Waals surface area contributed by atoms with Crippen LogP contribution in [0.15, 0.2) is 30.3 Å². The van der Waals surface area contributed by atoms with E-state index in [4.69, 9.17) is 9.84 Å². The largest absolute Gasteiger partial charge is 0.390 e. The van der Waals surface area contributed by atoms with Gasteiger partial charge in [0.1, 0.15) is 0 Å². The lowest BCUT2D eigenvalue weighted by Gasteiger charge is -2.23. The molecule has 1 rings (SSSR count). The van der Waals surface area contributed by atoms with Crippen molar-refractivity contribution in [1.82, 2.24) is 0 Å². The first-order chi connectivity index (χ1) is 7.02. The van der Waals surface area contributed by atoms with E-state index in [1.165, 1.54) is 13.8 Å². The average molecular weight is 212 g/mol. The zero-order valence-electron chi connectivity index (χ0n) is 9.11. The van der Waals surface area contributed by atoms with Crippen LogP contribution in [0.4, 0.5) is 4.39 Å². The lowest BCUT2D eigenvalue weighted by Crippen LogP contribution is -2.37. The average Bonchev–Trinajstić information content (AvgIpc) is 2.19. The predicted octanol–water partition coefficient (Wildman–Crippen LogP) is 2.31. The topological polar surface area (TPSA) is 29.5 Å². The molecule has 0 aliphatic rings. The minimum atomic E-state index is -1.69. The standard InChI is InChI=1S/C12H17FO2/c1-10(14)12(2,13)9-15-8-11-6-4-3-5-7-11/h3-7,10,14H,8-9H2,1-2H3/t10-,12-/m0/s1. The molecule has 0 saturated carbocycles. The van der Waals surface area contributed by atoms with Gasteiger partial charge in [-0.25, -0.2) is 4.39 Å². The Hall–Kier alpha value is -0.930. The summed E-state index contributed by atoms with van der Waals surface area (Å²) in [4.78, 5) is 0. The molecule has 0 aliphatic heterocycles. The van der Waals surface area contributed by atoms with Crippen LogP contribution in [-0.4, -0.2) is 23.5 Å². The van der Waals surface area contributed by atoms with E-state index in [2.05, 4.69) is 0 Å². The monoisotopic (exact) mass is 212 g/mol. The van der Waals surface area contributed by atoms with Gasteiger partial charge in [-0.2, -0.15) is 0 Å². The first-order valence-corrected chi connectivity index (χ1v) is 5.01. The lowest BCUT2D eigenvalue weighted by atomic mass is 10.0. The van der Waals surface area contributed by atoms with E-state index in [-0.39, 0.29) is 6.61 Å². The second-order valence-corrected chi connectivity index (χ2v) is 3.93. The molecule has 0 unspecified atom stereocenters. The lowest BCUT2D eigenvalue weighted by molar-refractivity contribution is -0.0533. The van der Waals surface area contributed by atoms with Gasteiger partial charge in [-0.3, -0.25) is 0 Å². The summed E-state index contributed by atoms with van der Waals surface area (Å²) in [6.07, 6.45) is -1.02. The summed E-state index contributed by atoms with van der Waals surface area (Å²) < 4.78 is 18.8. The Morgan fingerprint density at radius 3 is 2.53 bits per heavy atom. The van der Waals surface area contributed by atoms with E-state index in [9.17, 15) is 4.39 Å². The maximum Gasteiger partial charge on any atom is 0.156 e. The van der Waals surface area contributed by atoms with Crippen LogP contribution < -0.4 is 0 Å². The number of hydrogen-bond donors (Lipinski definition) is 1. The van der Waals surface area contributed by atoms with E-state index >= 15 is 0 Å². The van der Waals surface area contributed by atoms with Gasteiger partial charge in [-0.15, -0.1) is 0 Å². The molecule has 15 heavy (non-hydrogen) atoms. The Balaban J connectivity index is 2.34. The maximum absolute atomic E-state index is 13.5. The number of aliphatic hydroxyl groups is 1. The van der Waals surface area contributed by atoms with Crippen molar-refractivity contribution in [3.05, 3.63) is 35.9 Å². The van der Waals surface area contributed by atoms with E-state index in [1.54, 1.807) is 0 Å². The van der Waals surface area contributed by atoms with Gasteiger partial charge in [-0.1, -0.05) is 30.3 Å².